The summed E-state index contributed by atoms with van der Waals surface area (Å²) in [6, 6.07) is 2.68. The number of halogens is 2. The summed E-state index contributed by atoms with van der Waals surface area (Å²) in [6.45, 7) is 0. The lowest BCUT2D eigenvalue weighted by atomic mass is 10.0. The summed E-state index contributed by atoms with van der Waals surface area (Å²) >= 11 is 11.5. The maximum atomic E-state index is 11.7. The van der Waals surface area contributed by atoms with Crippen LogP contribution in [0, 0.1) is 0 Å². The molecule has 1 aromatic rings. The highest BCUT2D eigenvalue weighted by atomic mass is 35.5. The molecular formula is C9H4Cl2N2O3. The number of hydrogen-bond donors (Lipinski definition) is 2. The van der Waals surface area contributed by atoms with E-state index in [0.29, 0.717) is 0 Å². The van der Waals surface area contributed by atoms with Crippen LogP contribution >= 0.6 is 23.2 Å². The van der Waals surface area contributed by atoms with Gasteiger partial charge in [0.1, 0.15) is 0 Å². The van der Waals surface area contributed by atoms with Crippen LogP contribution < -0.4 is 5.32 Å². The molecule has 5 nitrogen and oxygen atoms in total. The van der Waals surface area contributed by atoms with E-state index in [0.717, 1.165) is 0 Å². The van der Waals surface area contributed by atoms with Gasteiger partial charge in [-0.2, -0.15) is 0 Å². The lowest BCUT2D eigenvalue weighted by Crippen LogP contribution is -2.35. The lowest BCUT2D eigenvalue weighted by molar-refractivity contribution is -0.110. The number of oxime groups is 1. The molecule has 2 N–H and O–H groups in total. The third-order valence-corrected chi connectivity index (χ3v) is 2.81. The zero-order valence-corrected chi connectivity index (χ0v) is 9.13. The minimum atomic E-state index is -0.779. The second kappa shape index (κ2) is 3.77. The fourth-order valence-corrected chi connectivity index (χ4v) is 1.67. The van der Waals surface area contributed by atoms with Crippen molar-refractivity contribution in [1.82, 2.24) is 0 Å². The maximum absolute atomic E-state index is 11.7. The van der Waals surface area contributed by atoms with Crippen LogP contribution in [0.5, 0.6) is 0 Å². The molecular weight excluding hydrogens is 255 g/mol. The number of benzene rings is 1. The number of nitrogens with one attached hydrogen (secondary N) is 1. The first-order chi connectivity index (χ1) is 7.54. The monoisotopic (exact) mass is 258 g/mol. The van der Waals surface area contributed by atoms with Gasteiger partial charge >= 0.3 is 0 Å². The van der Waals surface area contributed by atoms with Crippen LogP contribution in [0.3, 0.4) is 0 Å². The van der Waals surface area contributed by atoms with E-state index in [2.05, 4.69) is 10.5 Å². The number of Topliss-reactive ketones (excluding diaryl/α,β-unsaturated/α-hetero) is 1. The predicted molar refractivity (Wildman–Crippen MR) is 58.6 cm³/mol. The van der Waals surface area contributed by atoms with Crippen molar-refractivity contribution in [2.45, 2.75) is 0 Å². The summed E-state index contributed by atoms with van der Waals surface area (Å²) in [5.74, 6) is -1.47. The van der Waals surface area contributed by atoms with Crippen LogP contribution in [0.4, 0.5) is 5.69 Å². The van der Waals surface area contributed by atoms with Gasteiger partial charge in [-0.1, -0.05) is 28.4 Å². The standard InChI is InChI=1S/C9H4Cl2N2O3/c10-4-1-3-6(2-5(4)11)12-9(15)7(13-16)8(3)14/h1-2,16H,(H,12,15). The molecule has 0 spiro atoms. The molecule has 1 heterocycles. The van der Waals surface area contributed by atoms with Crippen molar-refractivity contribution in [3.8, 4) is 0 Å². The van der Waals surface area contributed by atoms with Crippen molar-refractivity contribution in [1.29, 1.82) is 0 Å². The first kappa shape index (κ1) is 10.9. The second-order valence-corrected chi connectivity index (χ2v) is 3.86. The molecule has 0 bridgehead atoms. The van der Waals surface area contributed by atoms with Crippen LogP contribution in [0.25, 0.3) is 0 Å². The summed E-state index contributed by atoms with van der Waals surface area (Å²) in [5.41, 5.74) is -0.190. The van der Waals surface area contributed by atoms with Gasteiger partial charge < -0.3 is 10.5 Å². The zero-order chi connectivity index (χ0) is 11.9. The number of nitrogens with zero attached hydrogens (tertiary/aromatic N) is 1. The Morgan fingerprint density at radius 1 is 1.19 bits per heavy atom. The van der Waals surface area contributed by atoms with E-state index in [4.69, 9.17) is 28.4 Å². The molecule has 1 amide bonds. The van der Waals surface area contributed by atoms with Gasteiger partial charge in [-0.15, -0.1) is 0 Å². The van der Waals surface area contributed by atoms with Crippen LogP contribution in [0.15, 0.2) is 17.3 Å². The molecule has 2 rings (SSSR count). The minimum absolute atomic E-state index is 0.141. The Labute approximate surface area is 99.6 Å². The van der Waals surface area contributed by atoms with Crippen molar-refractivity contribution in [2.24, 2.45) is 5.16 Å². The highest BCUT2D eigenvalue weighted by Crippen LogP contribution is 2.31. The van der Waals surface area contributed by atoms with Crippen molar-refractivity contribution in [2.75, 3.05) is 5.32 Å². The quantitative estimate of drug-likeness (QED) is 0.552. The Balaban J connectivity index is 2.65. The Morgan fingerprint density at radius 3 is 2.44 bits per heavy atom. The number of amides is 1. The largest absolute Gasteiger partial charge is 0.410 e. The molecule has 0 aromatic heterocycles. The highest BCUT2D eigenvalue weighted by molar-refractivity contribution is 6.72. The van der Waals surface area contributed by atoms with E-state index in [1.165, 1.54) is 12.1 Å². The molecule has 7 heteroatoms. The molecule has 82 valence electrons. The molecule has 0 atom stereocenters. The van der Waals surface area contributed by atoms with Gasteiger partial charge in [0.2, 0.25) is 11.5 Å². The van der Waals surface area contributed by atoms with Gasteiger partial charge in [0.15, 0.2) is 0 Å². The fourth-order valence-electron chi connectivity index (χ4n) is 1.34. The Bertz CT molecular complexity index is 540. The van der Waals surface area contributed by atoms with Gasteiger partial charge in [-0.25, -0.2) is 0 Å². The van der Waals surface area contributed by atoms with Gasteiger partial charge in [-0.3, -0.25) is 9.59 Å². The maximum Gasteiger partial charge on any atom is 0.281 e. The summed E-state index contributed by atoms with van der Waals surface area (Å²) < 4.78 is 0. The molecule has 0 radical (unpaired) electrons. The minimum Gasteiger partial charge on any atom is -0.410 e. The third kappa shape index (κ3) is 1.54. The third-order valence-electron chi connectivity index (χ3n) is 2.08. The van der Waals surface area contributed by atoms with Crippen LogP contribution in [0.1, 0.15) is 10.4 Å². The van der Waals surface area contributed by atoms with Gasteiger partial charge in [0.05, 0.1) is 15.7 Å². The number of ketones is 1. The van der Waals surface area contributed by atoms with Crippen LogP contribution in [0.2, 0.25) is 10.0 Å². The van der Waals surface area contributed by atoms with E-state index in [1.807, 2.05) is 0 Å². The van der Waals surface area contributed by atoms with Crippen LogP contribution in [-0.2, 0) is 4.79 Å². The smallest absolute Gasteiger partial charge is 0.281 e. The molecule has 0 unspecified atom stereocenters. The topological polar surface area (TPSA) is 78.8 Å². The lowest BCUT2D eigenvalue weighted by Gasteiger charge is -2.16. The normalized spacial score (nSPS) is 17.2. The summed E-state index contributed by atoms with van der Waals surface area (Å²) in [4.78, 5) is 23.0. The average Bonchev–Trinajstić information content (AvgIpc) is 2.22. The summed E-state index contributed by atoms with van der Waals surface area (Å²) in [6.07, 6.45) is 0. The zero-order valence-electron chi connectivity index (χ0n) is 7.62. The molecule has 16 heavy (non-hydrogen) atoms. The van der Waals surface area contributed by atoms with E-state index in [-0.39, 0.29) is 21.3 Å². The number of fused-ring (bicyclic) bond motifs is 1. The number of rotatable bonds is 0. The molecule has 0 saturated heterocycles. The molecule has 0 saturated carbocycles. The molecule has 1 aromatic carbocycles. The summed E-state index contributed by atoms with van der Waals surface area (Å²) in [7, 11) is 0. The fraction of sp³-hybridized carbons (Fsp3) is 0. The second-order valence-electron chi connectivity index (χ2n) is 3.04. The molecule has 0 fully saturated rings. The van der Waals surface area contributed by atoms with Crippen molar-refractivity contribution in [3.05, 3.63) is 27.7 Å². The highest BCUT2D eigenvalue weighted by Gasteiger charge is 2.31. The Morgan fingerprint density at radius 2 is 1.81 bits per heavy atom. The van der Waals surface area contributed by atoms with E-state index in [1.54, 1.807) is 0 Å². The summed E-state index contributed by atoms with van der Waals surface area (Å²) in [5, 5.41) is 13.9. The van der Waals surface area contributed by atoms with Crippen molar-refractivity contribution in [3.63, 3.8) is 0 Å². The van der Waals surface area contributed by atoms with Crippen molar-refractivity contribution < 1.29 is 14.8 Å². The number of carbonyl (C=O) groups excluding carboxylic acids is 2. The van der Waals surface area contributed by atoms with Gasteiger partial charge in [-0.05, 0) is 12.1 Å². The Kier molecular flexibility index (Phi) is 2.57. The van der Waals surface area contributed by atoms with E-state index in [9.17, 15) is 9.59 Å². The number of anilines is 1. The van der Waals surface area contributed by atoms with E-state index < -0.39 is 17.4 Å². The predicted octanol–water partition coefficient (Wildman–Crippen LogP) is 1.96. The molecule has 0 aliphatic carbocycles. The number of hydrogen-bond acceptors (Lipinski definition) is 4. The number of carbonyl (C=O) groups is 2. The van der Waals surface area contributed by atoms with Gasteiger partial charge in [0.25, 0.3) is 5.91 Å². The average molecular weight is 259 g/mol. The van der Waals surface area contributed by atoms with Crippen molar-refractivity contribution >= 4 is 46.3 Å². The van der Waals surface area contributed by atoms with Gasteiger partial charge in [0, 0.05) is 5.56 Å². The first-order valence-electron chi connectivity index (χ1n) is 4.11. The molecule has 1 aliphatic rings. The van der Waals surface area contributed by atoms with E-state index >= 15 is 0 Å². The first-order valence-corrected chi connectivity index (χ1v) is 4.87. The molecule has 1 aliphatic heterocycles. The Hall–Kier alpha value is -1.59. The van der Waals surface area contributed by atoms with Crippen LogP contribution in [-0.4, -0.2) is 22.6 Å². The SMILES string of the molecule is O=C1Nc2cc(Cl)c(Cl)cc2C(=O)C1=NO.